The van der Waals surface area contributed by atoms with Crippen molar-refractivity contribution < 1.29 is 23.9 Å². The average Bonchev–Trinajstić information content (AvgIpc) is 2.72. The molecule has 0 heterocycles. The fourth-order valence-corrected chi connectivity index (χ4v) is 2.34. The van der Waals surface area contributed by atoms with E-state index in [0.29, 0.717) is 29.4 Å². The summed E-state index contributed by atoms with van der Waals surface area (Å²) in [6, 6.07) is 13.6. The monoisotopic (exact) mass is 385 g/mol. The molecular weight excluding hydrogens is 362 g/mol. The molecule has 0 radical (unpaired) electrons. The average molecular weight is 385 g/mol. The molecule has 0 fully saturated rings. The van der Waals surface area contributed by atoms with Crippen LogP contribution in [-0.4, -0.2) is 31.4 Å². The summed E-state index contributed by atoms with van der Waals surface area (Å²) in [7, 11) is 1.45. The third kappa shape index (κ3) is 6.31. The Balaban J connectivity index is 1.74. The molecule has 8 heteroatoms. The van der Waals surface area contributed by atoms with Gasteiger partial charge in [0.15, 0.2) is 0 Å². The van der Waals surface area contributed by atoms with Crippen molar-refractivity contribution in [2.45, 2.75) is 19.8 Å². The normalized spacial score (nSPS) is 9.93. The van der Waals surface area contributed by atoms with Crippen molar-refractivity contribution in [3.05, 3.63) is 54.1 Å². The van der Waals surface area contributed by atoms with E-state index in [2.05, 4.69) is 16.2 Å². The van der Waals surface area contributed by atoms with Crippen LogP contribution in [0.4, 0.5) is 5.69 Å². The molecule has 3 N–H and O–H groups in total. The summed E-state index contributed by atoms with van der Waals surface area (Å²) in [4.78, 5) is 35.9. The molecule has 8 nitrogen and oxygen atoms in total. The van der Waals surface area contributed by atoms with Gasteiger partial charge in [0.25, 0.3) is 5.91 Å². The Morgan fingerprint density at radius 1 is 0.893 bits per heavy atom. The topological polar surface area (TPSA) is 106 Å². The number of carbonyl (C=O) groups is 3. The first-order valence-corrected chi connectivity index (χ1v) is 8.78. The van der Waals surface area contributed by atoms with Gasteiger partial charge < -0.3 is 14.8 Å². The molecule has 2 rings (SSSR count). The van der Waals surface area contributed by atoms with Crippen LogP contribution in [0.5, 0.6) is 11.5 Å². The van der Waals surface area contributed by atoms with E-state index in [0.717, 1.165) is 0 Å². The van der Waals surface area contributed by atoms with Gasteiger partial charge in [-0.3, -0.25) is 25.2 Å². The van der Waals surface area contributed by atoms with E-state index < -0.39 is 11.8 Å². The van der Waals surface area contributed by atoms with Crippen molar-refractivity contribution in [1.29, 1.82) is 0 Å². The van der Waals surface area contributed by atoms with Crippen molar-refractivity contribution in [2.24, 2.45) is 0 Å². The van der Waals surface area contributed by atoms with Gasteiger partial charge in [0.05, 0.1) is 19.3 Å². The molecule has 0 aliphatic carbocycles. The maximum atomic E-state index is 12.1. The molecule has 0 spiro atoms. The fourth-order valence-electron chi connectivity index (χ4n) is 2.34. The van der Waals surface area contributed by atoms with Crippen LogP contribution in [0.15, 0.2) is 48.5 Å². The Labute approximate surface area is 163 Å². The second kappa shape index (κ2) is 10.6. The van der Waals surface area contributed by atoms with E-state index in [1.54, 1.807) is 48.5 Å². The Bertz CT molecular complexity index is 821. The van der Waals surface area contributed by atoms with Crippen molar-refractivity contribution in [1.82, 2.24) is 10.9 Å². The number of amides is 3. The zero-order valence-electron chi connectivity index (χ0n) is 15.8. The van der Waals surface area contributed by atoms with Gasteiger partial charge in [0.2, 0.25) is 11.8 Å². The predicted octanol–water partition coefficient (Wildman–Crippen LogP) is 2.27. The zero-order chi connectivity index (χ0) is 20.4. The van der Waals surface area contributed by atoms with E-state index in [-0.39, 0.29) is 18.7 Å². The van der Waals surface area contributed by atoms with E-state index in [1.165, 1.54) is 7.11 Å². The van der Waals surface area contributed by atoms with Gasteiger partial charge in [-0.05, 0) is 43.3 Å². The van der Waals surface area contributed by atoms with E-state index >= 15 is 0 Å². The molecule has 2 aromatic carbocycles. The number of methoxy groups -OCH3 is 1. The number of hydrogen-bond acceptors (Lipinski definition) is 5. The van der Waals surface area contributed by atoms with Crippen LogP contribution in [0.3, 0.4) is 0 Å². The van der Waals surface area contributed by atoms with Crippen LogP contribution in [0, 0.1) is 0 Å². The highest BCUT2D eigenvalue weighted by Crippen LogP contribution is 2.17. The molecule has 0 aliphatic heterocycles. The lowest BCUT2D eigenvalue weighted by atomic mass is 10.2. The standard InChI is InChI=1S/C20H23N3O5/c1-3-28-15-10-8-14(9-11-15)21-18(24)12-13-19(25)22-23-20(26)16-6-4-5-7-17(16)27-2/h4-11H,3,12-13H2,1-2H3,(H,21,24)(H,22,25)(H,23,26). The van der Waals surface area contributed by atoms with E-state index in [9.17, 15) is 14.4 Å². The minimum atomic E-state index is -0.510. The first-order chi connectivity index (χ1) is 13.5. The van der Waals surface area contributed by atoms with Crippen LogP contribution in [0.2, 0.25) is 0 Å². The highest BCUT2D eigenvalue weighted by Gasteiger charge is 2.13. The highest BCUT2D eigenvalue weighted by atomic mass is 16.5. The maximum absolute atomic E-state index is 12.1. The van der Waals surface area contributed by atoms with E-state index in [4.69, 9.17) is 9.47 Å². The van der Waals surface area contributed by atoms with Crippen LogP contribution in [-0.2, 0) is 9.59 Å². The van der Waals surface area contributed by atoms with Crippen molar-refractivity contribution in [2.75, 3.05) is 19.0 Å². The minimum Gasteiger partial charge on any atom is -0.496 e. The van der Waals surface area contributed by atoms with Crippen molar-refractivity contribution in [3.8, 4) is 11.5 Å². The number of para-hydroxylation sites is 1. The number of rotatable bonds is 8. The second-order valence-corrected chi connectivity index (χ2v) is 5.71. The summed E-state index contributed by atoms with van der Waals surface area (Å²) in [5.41, 5.74) is 5.48. The quantitative estimate of drug-likeness (QED) is 0.605. The highest BCUT2D eigenvalue weighted by molar-refractivity contribution is 5.98. The summed E-state index contributed by atoms with van der Waals surface area (Å²) in [5, 5.41) is 2.69. The van der Waals surface area contributed by atoms with Gasteiger partial charge in [-0.15, -0.1) is 0 Å². The Hall–Kier alpha value is -3.55. The predicted molar refractivity (Wildman–Crippen MR) is 104 cm³/mol. The number of hydrogen-bond donors (Lipinski definition) is 3. The molecule has 0 atom stereocenters. The number of carbonyl (C=O) groups excluding carboxylic acids is 3. The summed E-state index contributed by atoms with van der Waals surface area (Å²) in [6.45, 7) is 2.45. The number of benzene rings is 2. The molecule has 0 saturated heterocycles. The Morgan fingerprint density at radius 3 is 2.25 bits per heavy atom. The summed E-state index contributed by atoms with van der Waals surface area (Å²) in [5.74, 6) is -0.195. The summed E-state index contributed by atoms with van der Waals surface area (Å²) >= 11 is 0. The van der Waals surface area contributed by atoms with Gasteiger partial charge in [0, 0.05) is 18.5 Å². The fraction of sp³-hybridized carbons (Fsp3) is 0.250. The van der Waals surface area contributed by atoms with Gasteiger partial charge in [0.1, 0.15) is 11.5 Å². The number of hydrazine groups is 1. The largest absolute Gasteiger partial charge is 0.496 e. The lowest BCUT2D eigenvalue weighted by molar-refractivity contribution is -0.124. The molecule has 0 unspecified atom stereocenters. The third-order valence-corrected chi connectivity index (χ3v) is 3.70. The van der Waals surface area contributed by atoms with Crippen molar-refractivity contribution in [3.63, 3.8) is 0 Å². The molecular formula is C20H23N3O5. The molecule has 0 saturated carbocycles. The van der Waals surface area contributed by atoms with Crippen LogP contribution in [0.25, 0.3) is 0 Å². The Kier molecular flexibility index (Phi) is 7.83. The van der Waals surface area contributed by atoms with Gasteiger partial charge in [-0.25, -0.2) is 0 Å². The summed E-state index contributed by atoms with van der Waals surface area (Å²) < 4.78 is 10.4. The first kappa shape index (κ1) is 20.8. The molecule has 0 aliphatic rings. The van der Waals surface area contributed by atoms with Gasteiger partial charge >= 0.3 is 0 Å². The minimum absolute atomic E-state index is 0.0242. The second-order valence-electron chi connectivity index (χ2n) is 5.71. The molecule has 2 aromatic rings. The molecule has 28 heavy (non-hydrogen) atoms. The molecule has 0 aromatic heterocycles. The molecule has 0 bridgehead atoms. The summed E-state index contributed by atoms with van der Waals surface area (Å²) in [6.07, 6.45) is -0.0986. The van der Waals surface area contributed by atoms with Gasteiger partial charge in [-0.1, -0.05) is 12.1 Å². The van der Waals surface area contributed by atoms with Crippen LogP contribution in [0.1, 0.15) is 30.1 Å². The SMILES string of the molecule is CCOc1ccc(NC(=O)CCC(=O)NNC(=O)c2ccccc2OC)cc1. The molecule has 3 amide bonds. The number of anilines is 1. The van der Waals surface area contributed by atoms with Crippen LogP contribution < -0.4 is 25.6 Å². The number of nitrogens with one attached hydrogen (secondary N) is 3. The van der Waals surface area contributed by atoms with E-state index in [1.807, 2.05) is 6.92 Å². The lowest BCUT2D eigenvalue weighted by Gasteiger charge is -2.10. The van der Waals surface area contributed by atoms with Crippen molar-refractivity contribution >= 4 is 23.4 Å². The lowest BCUT2D eigenvalue weighted by Crippen LogP contribution is -2.41. The molecule has 148 valence electrons. The maximum Gasteiger partial charge on any atom is 0.273 e. The first-order valence-electron chi connectivity index (χ1n) is 8.78. The third-order valence-electron chi connectivity index (χ3n) is 3.70. The zero-order valence-corrected chi connectivity index (χ0v) is 15.8. The van der Waals surface area contributed by atoms with Gasteiger partial charge in [-0.2, -0.15) is 0 Å². The van der Waals surface area contributed by atoms with Crippen LogP contribution >= 0.6 is 0 Å². The Morgan fingerprint density at radius 2 is 1.57 bits per heavy atom. The number of ether oxygens (including phenoxy) is 2. The smallest absolute Gasteiger partial charge is 0.273 e.